The van der Waals surface area contributed by atoms with Crippen LogP contribution in [0.3, 0.4) is 0 Å². The van der Waals surface area contributed by atoms with E-state index in [9.17, 15) is 4.79 Å². The van der Waals surface area contributed by atoms with Crippen molar-refractivity contribution in [3.63, 3.8) is 0 Å². The van der Waals surface area contributed by atoms with E-state index in [2.05, 4.69) is 12.2 Å². The highest BCUT2D eigenvalue weighted by Gasteiger charge is 2.08. The van der Waals surface area contributed by atoms with Gasteiger partial charge in [-0.25, -0.2) is 0 Å². The van der Waals surface area contributed by atoms with E-state index in [0.29, 0.717) is 12.2 Å². The average molecular weight is 196 g/mol. The van der Waals surface area contributed by atoms with Gasteiger partial charge in [-0.2, -0.15) is 0 Å². The van der Waals surface area contributed by atoms with Gasteiger partial charge >= 0.3 is 0 Å². The Balaban J connectivity index is 2.63. The monoisotopic (exact) mass is 196 g/mol. The molecule has 0 fully saturated rings. The van der Waals surface area contributed by atoms with E-state index in [-0.39, 0.29) is 12.5 Å². The smallest absolute Gasteiger partial charge is 0.267 e. The van der Waals surface area contributed by atoms with E-state index >= 15 is 0 Å². The second-order valence-electron chi connectivity index (χ2n) is 3.07. The molecule has 0 saturated heterocycles. The van der Waals surface area contributed by atoms with Gasteiger partial charge in [-0.3, -0.25) is 4.79 Å². The Labute approximate surface area is 83.5 Å². The minimum absolute atomic E-state index is 0.0276. The number of carbonyl (C=O) groups is 1. The van der Waals surface area contributed by atoms with Crippen molar-refractivity contribution in [1.82, 2.24) is 9.88 Å². The number of hydrogen-bond acceptors (Lipinski definition) is 2. The van der Waals surface area contributed by atoms with Crippen LogP contribution < -0.4 is 5.32 Å². The first kappa shape index (κ1) is 10.8. The first-order valence-corrected chi connectivity index (χ1v) is 4.83. The van der Waals surface area contributed by atoms with Crippen molar-refractivity contribution >= 4 is 5.91 Å². The van der Waals surface area contributed by atoms with Crippen LogP contribution in [0.2, 0.25) is 0 Å². The molecule has 1 rings (SSSR count). The van der Waals surface area contributed by atoms with Crippen molar-refractivity contribution in [3.05, 3.63) is 24.0 Å². The maximum atomic E-state index is 11.5. The lowest BCUT2D eigenvalue weighted by Crippen LogP contribution is -2.28. The van der Waals surface area contributed by atoms with Gasteiger partial charge in [0, 0.05) is 19.3 Å². The summed E-state index contributed by atoms with van der Waals surface area (Å²) in [6.07, 6.45) is 2.88. The molecule has 1 aromatic rings. The van der Waals surface area contributed by atoms with Gasteiger partial charge in [0.1, 0.15) is 5.69 Å². The van der Waals surface area contributed by atoms with Crippen LogP contribution in [0.5, 0.6) is 0 Å². The fourth-order valence-electron chi connectivity index (χ4n) is 1.32. The van der Waals surface area contributed by atoms with E-state index in [1.165, 1.54) is 0 Å². The van der Waals surface area contributed by atoms with Crippen molar-refractivity contribution in [2.75, 3.05) is 13.2 Å². The zero-order chi connectivity index (χ0) is 10.4. The Morgan fingerprint density at radius 3 is 3.07 bits per heavy atom. The van der Waals surface area contributed by atoms with Crippen LogP contribution in [0.4, 0.5) is 0 Å². The van der Waals surface area contributed by atoms with Crippen LogP contribution in [-0.4, -0.2) is 28.7 Å². The van der Waals surface area contributed by atoms with Crippen molar-refractivity contribution in [3.8, 4) is 0 Å². The lowest BCUT2D eigenvalue weighted by Gasteiger charge is -2.07. The molecule has 0 spiro atoms. The Morgan fingerprint density at radius 1 is 1.64 bits per heavy atom. The van der Waals surface area contributed by atoms with Gasteiger partial charge in [0.15, 0.2) is 0 Å². The van der Waals surface area contributed by atoms with Gasteiger partial charge in [-0.15, -0.1) is 0 Å². The molecule has 1 aromatic heterocycles. The third kappa shape index (κ3) is 2.60. The standard InChI is InChI=1S/C10H16N2O2/c1-2-6-12-7-3-4-9(12)10(14)11-5-8-13/h3-4,7,13H,2,5-6,8H2,1H3,(H,11,14). The normalized spacial score (nSPS) is 10.1. The molecule has 0 saturated carbocycles. The minimum Gasteiger partial charge on any atom is -0.395 e. The highest BCUT2D eigenvalue weighted by atomic mass is 16.3. The predicted molar refractivity (Wildman–Crippen MR) is 54.1 cm³/mol. The summed E-state index contributed by atoms with van der Waals surface area (Å²) < 4.78 is 1.91. The summed E-state index contributed by atoms with van der Waals surface area (Å²) in [6.45, 7) is 3.18. The van der Waals surface area contributed by atoms with Gasteiger partial charge in [0.05, 0.1) is 6.61 Å². The molecule has 0 aliphatic heterocycles. The minimum atomic E-state index is -0.127. The summed E-state index contributed by atoms with van der Waals surface area (Å²) >= 11 is 0. The summed E-state index contributed by atoms with van der Waals surface area (Å²) in [5, 5.41) is 11.2. The molecule has 4 heteroatoms. The molecular weight excluding hydrogens is 180 g/mol. The zero-order valence-corrected chi connectivity index (χ0v) is 8.36. The highest BCUT2D eigenvalue weighted by Crippen LogP contribution is 2.03. The molecule has 0 radical (unpaired) electrons. The number of aliphatic hydroxyl groups is 1. The largest absolute Gasteiger partial charge is 0.395 e. The molecule has 0 bridgehead atoms. The van der Waals surface area contributed by atoms with Crippen LogP contribution in [0.15, 0.2) is 18.3 Å². The first-order valence-electron chi connectivity index (χ1n) is 4.83. The second-order valence-corrected chi connectivity index (χ2v) is 3.07. The van der Waals surface area contributed by atoms with Gasteiger partial charge in [-0.05, 0) is 18.6 Å². The zero-order valence-electron chi connectivity index (χ0n) is 8.36. The fourth-order valence-corrected chi connectivity index (χ4v) is 1.32. The quantitative estimate of drug-likeness (QED) is 0.725. The molecular formula is C10H16N2O2. The van der Waals surface area contributed by atoms with Gasteiger partial charge in [0.25, 0.3) is 5.91 Å². The predicted octanol–water partition coefficient (Wildman–Crippen LogP) is 0.620. The summed E-state index contributed by atoms with van der Waals surface area (Å²) in [4.78, 5) is 11.5. The molecule has 0 aliphatic rings. The van der Waals surface area contributed by atoms with E-state index < -0.39 is 0 Å². The third-order valence-electron chi connectivity index (χ3n) is 1.92. The Bertz CT molecular complexity index is 294. The van der Waals surface area contributed by atoms with Crippen LogP contribution in [0.25, 0.3) is 0 Å². The Hall–Kier alpha value is -1.29. The molecule has 2 N–H and O–H groups in total. The number of aliphatic hydroxyl groups excluding tert-OH is 1. The Kier molecular flexibility index (Phi) is 4.19. The average Bonchev–Trinajstić information content (AvgIpc) is 2.63. The third-order valence-corrected chi connectivity index (χ3v) is 1.92. The van der Waals surface area contributed by atoms with E-state index in [1.807, 2.05) is 16.8 Å². The molecule has 1 amide bonds. The molecule has 78 valence electrons. The number of nitrogens with zero attached hydrogens (tertiary/aromatic N) is 1. The number of aromatic nitrogens is 1. The van der Waals surface area contributed by atoms with Crippen molar-refractivity contribution in [2.24, 2.45) is 0 Å². The number of aryl methyl sites for hydroxylation is 1. The second kappa shape index (κ2) is 5.44. The first-order chi connectivity index (χ1) is 6.79. The molecule has 0 aliphatic carbocycles. The molecule has 4 nitrogen and oxygen atoms in total. The fraction of sp³-hybridized carbons (Fsp3) is 0.500. The maximum Gasteiger partial charge on any atom is 0.267 e. The van der Waals surface area contributed by atoms with E-state index in [4.69, 9.17) is 5.11 Å². The lowest BCUT2D eigenvalue weighted by molar-refractivity contribution is 0.0935. The summed E-state index contributed by atoms with van der Waals surface area (Å²) in [6, 6.07) is 3.63. The molecule has 14 heavy (non-hydrogen) atoms. The van der Waals surface area contributed by atoms with Crippen molar-refractivity contribution in [1.29, 1.82) is 0 Å². The van der Waals surface area contributed by atoms with Crippen LogP contribution in [-0.2, 0) is 6.54 Å². The molecule has 1 heterocycles. The molecule has 0 aromatic carbocycles. The van der Waals surface area contributed by atoms with Crippen LogP contribution in [0, 0.1) is 0 Å². The summed E-state index contributed by atoms with van der Waals surface area (Å²) in [7, 11) is 0. The van der Waals surface area contributed by atoms with Crippen molar-refractivity contribution < 1.29 is 9.90 Å². The van der Waals surface area contributed by atoms with Gasteiger partial charge in [0.2, 0.25) is 0 Å². The topological polar surface area (TPSA) is 54.3 Å². The Morgan fingerprint density at radius 2 is 2.43 bits per heavy atom. The number of hydrogen-bond donors (Lipinski definition) is 2. The van der Waals surface area contributed by atoms with E-state index in [0.717, 1.165) is 13.0 Å². The van der Waals surface area contributed by atoms with Crippen LogP contribution >= 0.6 is 0 Å². The van der Waals surface area contributed by atoms with Crippen LogP contribution in [0.1, 0.15) is 23.8 Å². The SMILES string of the molecule is CCCn1cccc1C(=O)NCCO. The number of nitrogens with one attached hydrogen (secondary N) is 1. The summed E-state index contributed by atoms with van der Waals surface area (Å²) in [5.41, 5.74) is 0.653. The van der Waals surface area contributed by atoms with Gasteiger partial charge in [-0.1, -0.05) is 6.92 Å². The maximum absolute atomic E-state index is 11.5. The van der Waals surface area contributed by atoms with Crippen molar-refractivity contribution in [2.45, 2.75) is 19.9 Å². The van der Waals surface area contributed by atoms with Gasteiger partial charge < -0.3 is 15.0 Å². The number of carbonyl (C=O) groups excluding carboxylic acids is 1. The number of amides is 1. The highest BCUT2D eigenvalue weighted by molar-refractivity contribution is 5.92. The summed E-state index contributed by atoms with van der Waals surface area (Å²) in [5.74, 6) is -0.127. The number of rotatable bonds is 5. The molecule has 0 unspecified atom stereocenters. The van der Waals surface area contributed by atoms with E-state index in [1.54, 1.807) is 6.07 Å². The lowest BCUT2D eigenvalue weighted by atomic mass is 10.4. The molecule has 0 atom stereocenters.